The molecule has 21 heavy (non-hydrogen) atoms. The van der Waals surface area contributed by atoms with Crippen molar-refractivity contribution in [1.82, 2.24) is 9.78 Å². The van der Waals surface area contributed by atoms with Crippen LogP contribution in [-0.2, 0) is 13.5 Å². The molecule has 3 rings (SSSR count). The monoisotopic (exact) mass is 409 g/mol. The molecule has 2 aromatic rings. The van der Waals surface area contributed by atoms with Gasteiger partial charge >= 0.3 is 0 Å². The van der Waals surface area contributed by atoms with E-state index in [0.29, 0.717) is 0 Å². The lowest BCUT2D eigenvalue weighted by Crippen LogP contribution is -2.29. The van der Waals surface area contributed by atoms with Gasteiger partial charge in [0.2, 0.25) is 0 Å². The van der Waals surface area contributed by atoms with E-state index in [1.807, 2.05) is 17.9 Å². The van der Waals surface area contributed by atoms with Crippen molar-refractivity contribution >= 4 is 43.4 Å². The minimum atomic E-state index is 0.981. The summed E-state index contributed by atoms with van der Waals surface area (Å²) >= 11 is 7.24. The highest BCUT2D eigenvalue weighted by Crippen LogP contribution is 2.35. The molecule has 0 fully saturated rings. The molecule has 0 radical (unpaired) electrons. The molecule has 0 spiro atoms. The zero-order valence-corrected chi connectivity index (χ0v) is 15.3. The zero-order valence-electron chi connectivity index (χ0n) is 12.2. The Hall–Kier alpha value is -1.07. The summed E-state index contributed by atoms with van der Waals surface area (Å²) in [5.41, 5.74) is 4.64. The van der Waals surface area contributed by atoms with E-state index in [1.165, 1.54) is 16.9 Å². The topological polar surface area (TPSA) is 21.1 Å². The molecule has 1 aliphatic rings. The number of nitrogens with zero attached hydrogens (tertiary/aromatic N) is 3. The summed E-state index contributed by atoms with van der Waals surface area (Å²) in [7, 11) is 1.99. The van der Waals surface area contributed by atoms with Gasteiger partial charge in [0.25, 0.3) is 0 Å². The van der Waals surface area contributed by atoms with Crippen LogP contribution < -0.4 is 4.90 Å². The van der Waals surface area contributed by atoms with E-state index in [1.54, 1.807) is 0 Å². The molecule has 0 saturated heterocycles. The van der Waals surface area contributed by atoms with E-state index in [2.05, 4.69) is 67.5 Å². The van der Waals surface area contributed by atoms with E-state index in [9.17, 15) is 0 Å². The van der Waals surface area contributed by atoms with Crippen molar-refractivity contribution in [2.45, 2.75) is 19.8 Å². The van der Waals surface area contributed by atoms with E-state index < -0.39 is 0 Å². The lowest BCUT2D eigenvalue weighted by Gasteiger charge is -2.31. The number of hydrogen-bond donors (Lipinski definition) is 0. The van der Waals surface area contributed by atoms with Gasteiger partial charge in [-0.3, -0.25) is 4.68 Å². The second-order valence-corrected chi connectivity index (χ2v) is 7.09. The van der Waals surface area contributed by atoms with E-state index in [4.69, 9.17) is 0 Å². The highest BCUT2D eigenvalue weighted by molar-refractivity contribution is 9.11. The van der Waals surface area contributed by atoms with Crippen LogP contribution in [0, 0.1) is 6.92 Å². The van der Waals surface area contributed by atoms with Gasteiger partial charge in [-0.05, 0) is 43.0 Å². The number of aryl methyl sites for hydroxylation is 2. The molecule has 5 heteroatoms. The van der Waals surface area contributed by atoms with Crippen molar-refractivity contribution in [2.75, 3.05) is 11.4 Å². The predicted molar refractivity (Wildman–Crippen MR) is 94.5 cm³/mol. The van der Waals surface area contributed by atoms with Crippen molar-refractivity contribution in [2.24, 2.45) is 7.05 Å². The fourth-order valence-electron chi connectivity index (χ4n) is 2.77. The van der Waals surface area contributed by atoms with Crippen LogP contribution in [0.15, 0.2) is 33.9 Å². The summed E-state index contributed by atoms with van der Waals surface area (Å²) in [4.78, 5) is 2.27. The van der Waals surface area contributed by atoms with Crippen molar-refractivity contribution in [1.29, 1.82) is 0 Å². The third kappa shape index (κ3) is 2.57. The highest BCUT2D eigenvalue weighted by Gasteiger charge is 2.23. The number of aromatic nitrogens is 2. The lowest BCUT2D eigenvalue weighted by molar-refractivity contribution is 0.708. The SMILES string of the molecule is C=C(c1cc(Br)c(C)c(Br)c1)N1CCCc2cnn(C)c21. The number of hydrogen-bond acceptors (Lipinski definition) is 2. The van der Waals surface area contributed by atoms with Crippen LogP contribution in [0.2, 0.25) is 0 Å². The molecule has 110 valence electrons. The molecule has 1 aromatic heterocycles. The molecule has 1 aliphatic heterocycles. The Bertz CT molecular complexity index is 695. The summed E-state index contributed by atoms with van der Waals surface area (Å²) in [5.74, 6) is 1.17. The smallest absolute Gasteiger partial charge is 0.134 e. The first kappa shape index (κ1) is 14.9. The summed E-state index contributed by atoms with van der Waals surface area (Å²) in [5, 5.41) is 4.39. The molecule has 3 nitrogen and oxygen atoms in total. The Morgan fingerprint density at radius 2 is 1.95 bits per heavy atom. The van der Waals surface area contributed by atoms with E-state index >= 15 is 0 Å². The molecule has 0 amide bonds. The number of benzene rings is 1. The molecule has 0 aliphatic carbocycles. The second kappa shape index (κ2) is 5.61. The standard InChI is InChI=1S/C16H17Br2N3/c1-10-14(17)7-13(8-15(10)18)11(2)21-6-4-5-12-9-19-20(3)16(12)21/h7-9H,2,4-6H2,1,3H3. The molecule has 0 saturated carbocycles. The third-order valence-corrected chi connectivity index (χ3v) is 5.65. The average Bonchev–Trinajstić information content (AvgIpc) is 2.85. The van der Waals surface area contributed by atoms with Crippen LogP contribution in [0.1, 0.15) is 23.1 Å². The molecule has 1 aromatic carbocycles. The maximum atomic E-state index is 4.39. The molecule has 2 heterocycles. The summed E-state index contributed by atoms with van der Waals surface area (Å²) < 4.78 is 4.13. The summed E-state index contributed by atoms with van der Waals surface area (Å²) in [6, 6.07) is 4.26. The number of halogens is 2. The minimum absolute atomic E-state index is 0.981. The fourth-order valence-corrected chi connectivity index (χ4v) is 3.95. The molecule has 0 bridgehead atoms. The van der Waals surface area contributed by atoms with Crippen LogP contribution >= 0.6 is 31.9 Å². The highest BCUT2D eigenvalue weighted by atomic mass is 79.9. The Morgan fingerprint density at radius 3 is 2.62 bits per heavy atom. The van der Waals surface area contributed by atoms with Gasteiger partial charge in [0.15, 0.2) is 0 Å². The van der Waals surface area contributed by atoms with Gasteiger partial charge in [-0.1, -0.05) is 38.4 Å². The molecule has 0 N–H and O–H groups in total. The van der Waals surface area contributed by atoms with Gasteiger partial charge in [-0.2, -0.15) is 5.10 Å². The second-order valence-electron chi connectivity index (χ2n) is 5.38. The Labute approximate surface area is 141 Å². The van der Waals surface area contributed by atoms with Crippen LogP contribution in [0.5, 0.6) is 0 Å². The maximum Gasteiger partial charge on any atom is 0.134 e. The number of rotatable bonds is 2. The van der Waals surface area contributed by atoms with Crippen LogP contribution in [0.25, 0.3) is 5.70 Å². The van der Waals surface area contributed by atoms with Crippen molar-refractivity contribution in [3.8, 4) is 0 Å². The number of anilines is 1. The maximum absolute atomic E-state index is 4.39. The number of fused-ring (bicyclic) bond motifs is 1. The zero-order chi connectivity index (χ0) is 15.1. The molecule has 0 atom stereocenters. The van der Waals surface area contributed by atoms with Gasteiger partial charge in [-0.25, -0.2) is 0 Å². The first-order valence-corrected chi connectivity index (χ1v) is 8.51. The van der Waals surface area contributed by atoms with E-state index in [-0.39, 0.29) is 0 Å². The summed E-state index contributed by atoms with van der Waals surface area (Å²) in [6.45, 7) is 7.39. The average molecular weight is 411 g/mol. The molecular formula is C16H17Br2N3. The Morgan fingerprint density at radius 1 is 1.29 bits per heavy atom. The summed E-state index contributed by atoms with van der Waals surface area (Å²) in [6.07, 6.45) is 4.19. The third-order valence-electron chi connectivity index (χ3n) is 4.00. The van der Waals surface area contributed by atoms with Crippen LogP contribution in [0.4, 0.5) is 5.82 Å². The lowest BCUT2D eigenvalue weighted by atomic mass is 10.0. The van der Waals surface area contributed by atoms with Crippen LogP contribution in [-0.4, -0.2) is 16.3 Å². The molecule has 0 unspecified atom stereocenters. The fraction of sp³-hybridized carbons (Fsp3) is 0.312. The molecular weight excluding hydrogens is 394 g/mol. The van der Waals surface area contributed by atoms with Gasteiger partial charge in [-0.15, -0.1) is 0 Å². The first-order valence-electron chi connectivity index (χ1n) is 6.92. The predicted octanol–water partition coefficient (Wildman–Crippen LogP) is 4.68. The van der Waals surface area contributed by atoms with Gasteiger partial charge < -0.3 is 4.90 Å². The van der Waals surface area contributed by atoms with Crippen molar-refractivity contribution in [3.05, 3.63) is 50.5 Å². The Kier molecular flexibility index (Phi) is 3.97. The van der Waals surface area contributed by atoms with Gasteiger partial charge in [0.05, 0.1) is 6.20 Å². The Balaban J connectivity index is 2.02. The van der Waals surface area contributed by atoms with Crippen LogP contribution in [0.3, 0.4) is 0 Å². The normalized spacial score (nSPS) is 14.2. The first-order chi connectivity index (χ1) is 9.99. The van der Waals surface area contributed by atoms with Crippen molar-refractivity contribution in [3.63, 3.8) is 0 Å². The quantitative estimate of drug-likeness (QED) is 0.716. The van der Waals surface area contributed by atoms with E-state index in [0.717, 1.165) is 39.6 Å². The van der Waals surface area contributed by atoms with Gasteiger partial charge in [0, 0.05) is 33.8 Å². The van der Waals surface area contributed by atoms with Crippen molar-refractivity contribution < 1.29 is 0 Å². The minimum Gasteiger partial charge on any atom is -0.326 e. The largest absolute Gasteiger partial charge is 0.326 e. The van der Waals surface area contributed by atoms with Gasteiger partial charge in [0.1, 0.15) is 5.82 Å².